The molecule has 1 saturated carbocycles. The van der Waals surface area contributed by atoms with E-state index in [2.05, 4.69) is 25.3 Å². The molecule has 1 atom stereocenters. The summed E-state index contributed by atoms with van der Waals surface area (Å²) in [5.74, 6) is 1.68. The predicted molar refractivity (Wildman–Crippen MR) is 90.1 cm³/mol. The van der Waals surface area contributed by atoms with Gasteiger partial charge in [0.25, 0.3) is 0 Å². The molecule has 0 aromatic carbocycles. The SMILES string of the molecule is C=C/C=C\C(=C/C)OCCN1CCC2(CC2)CC1C(C)C. The first-order valence-corrected chi connectivity index (χ1v) is 8.42. The fourth-order valence-electron chi connectivity index (χ4n) is 3.46. The lowest BCUT2D eigenvalue weighted by Crippen LogP contribution is -2.47. The fourth-order valence-corrected chi connectivity index (χ4v) is 3.46. The van der Waals surface area contributed by atoms with Crippen LogP contribution < -0.4 is 0 Å². The second kappa shape index (κ2) is 7.31. The van der Waals surface area contributed by atoms with E-state index in [0.717, 1.165) is 36.3 Å². The minimum atomic E-state index is 0.730. The second-order valence-electron chi connectivity index (χ2n) is 6.94. The van der Waals surface area contributed by atoms with Crippen LogP contribution in [-0.2, 0) is 4.74 Å². The molecule has 0 N–H and O–H groups in total. The zero-order valence-corrected chi connectivity index (χ0v) is 14.0. The van der Waals surface area contributed by atoms with Crippen molar-refractivity contribution in [1.82, 2.24) is 4.90 Å². The summed E-state index contributed by atoms with van der Waals surface area (Å²) in [7, 11) is 0. The average Bonchev–Trinajstić information content (AvgIpc) is 3.23. The molecule has 2 nitrogen and oxygen atoms in total. The molecule has 118 valence electrons. The van der Waals surface area contributed by atoms with Crippen LogP contribution in [0.1, 0.15) is 46.5 Å². The number of likely N-dealkylation sites (tertiary alicyclic amines) is 1. The van der Waals surface area contributed by atoms with E-state index >= 15 is 0 Å². The summed E-state index contributed by atoms with van der Waals surface area (Å²) in [5, 5.41) is 0. The molecule has 0 aromatic heterocycles. The van der Waals surface area contributed by atoms with Crippen molar-refractivity contribution in [1.29, 1.82) is 0 Å². The van der Waals surface area contributed by atoms with Gasteiger partial charge in [0, 0.05) is 12.6 Å². The van der Waals surface area contributed by atoms with Gasteiger partial charge in [0.1, 0.15) is 12.4 Å². The Balaban J connectivity index is 1.81. The minimum absolute atomic E-state index is 0.730. The largest absolute Gasteiger partial charge is 0.493 e. The number of allylic oxidation sites excluding steroid dienone is 4. The third-order valence-electron chi connectivity index (χ3n) is 5.10. The monoisotopic (exact) mass is 289 g/mol. The Kier molecular flexibility index (Phi) is 5.69. The van der Waals surface area contributed by atoms with Gasteiger partial charge in [-0.3, -0.25) is 4.90 Å². The van der Waals surface area contributed by atoms with E-state index in [1.165, 1.54) is 32.2 Å². The first-order chi connectivity index (χ1) is 10.1. The first-order valence-electron chi connectivity index (χ1n) is 8.42. The lowest BCUT2D eigenvalue weighted by molar-refractivity contribution is 0.0505. The Morgan fingerprint density at radius 3 is 2.71 bits per heavy atom. The summed E-state index contributed by atoms with van der Waals surface area (Å²) >= 11 is 0. The minimum Gasteiger partial charge on any atom is -0.493 e. The van der Waals surface area contributed by atoms with Crippen molar-refractivity contribution in [3.63, 3.8) is 0 Å². The average molecular weight is 289 g/mol. The molecule has 0 bridgehead atoms. The molecule has 21 heavy (non-hydrogen) atoms. The Hall–Kier alpha value is -1.02. The van der Waals surface area contributed by atoms with Crippen LogP contribution in [0, 0.1) is 11.3 Å². The molecule has 0 aromatic rings. The Morgan fingerprint density at radius 1 is 1.38 bits per heavy atom. The van der Waals surface area contributed by atoms with Crippen molar-refractivity contribution in [3.8, 4) is 0 Å². The standard InChI is InChI=1S/C19H31NO/c1-5-7-8-17(6-2)21-14-13-20-12-11-19(9-10-19)15-18(20)16(3)4/h5-8,16,18H,1,9-15H2,2-4H3/b8-7-,17-6+. The van der Waals surface area contributed by atoms with Crippen LogP contribution in [0.25, 0.3) is 0 Å². The molecule has 2 aliphatic rings. The molecule has 2 heteroatoms. The molecule has 2 fully saturated rings. The molecule has 1 spiro atoms. The quantitative estimate of drug-likeness (QED) is 0.503. The van der Waals surface area contributed by atoms with Crippen molar-refractivity contribution < 1.29 is 4.74 Å². The van der Waals surface area contributed by atoms with E-state index in [1.807, 2.05) is 25.2 Å². The first kappa shape index (κ1) is 16.4. The highest BCUT2D eigenvalue weighted by Gasteiger charge is 2.48. The smallest absolute Gasteiger partial charge is 0.115 e. The number of piperidine rings is 1. The summed E-state index contributed by atoms with van der Waals surface area (Å²) in [4.78, 5) is 2.65. The van der Waals surface area contributed by atoms with E-state index in [9.17, 15) is 0 Å². The molecular formula is C19H31NO. The Bertz CT molecular complexity index is 404. The summed E-state index contributed by atoms with van der Waals surface area (Å²) in [5.41, 5.74) is 0.730. The number of rotatable bonds is 7. The highest BCUT2D eigenvalue weighted by Crippen LogP contribution is 2.55. The molecule has 1 unspecified atom stereocenters. The number of nitrogens with zero attached hydrogens (tertiary/aromatic N) is 1. The van der Waals surface area contributed by atoms with Gasteiger partial charge in [0.15, 0.2) is 0 Å². The van der Waals surface area contributed by atoms with Gasteiger partial charge in [-0.1, -0.05) is 32.6 Å². The summed E-state index contributed by atoms with van der Waals surface area (Å²) in [6.07, 6.45) is 13.4. The lowest BCUT2D eigenvalue weighted by atomic mass is 9.83. The predicted octanol–water partition coefficient (Wildman–Crippen LogP) is 4.55. The van der Waals surface area contributed by atoms with E-state index in [-0.39, 0.29) is 0 Å². The third-order valence-corrected chi connectivity index (χ3v) is 5.10. The number of hydrogen-bond acceptors (Lipinski definition) is 2. The van der Waals surface area contributed by atoms with Gasteiger partial charge in [0.05, 0.1) is 0 Å². The molecule has 1 aliphatic carbocycles. The van der Waals surface area contributed by atoms with Crippen LogP contribution in [0.2, 0.25) is 0 Å². The highest BCUT2D eigenvalue weighted by molar-refractivity contribution is 5.15. The molecule has 1 heterocycles. The number of ether oxygens (including phenoxy) is 1. The molecule has 1 aliphatic heterocycles. The molecule has 0 radical (unpaired) electrons. The molecule has 2 rings (SSSR count). The van der Waals surface area contributed by atoms with Gasteiger partial charge in [-0.15, -0.1) is 0 Å². The zero-order valence-electron chi connectivity index (χ0n) is 14.0. The number of hydrogen-bond donors (Lipinski definition) is 0. The van der Waals surface area contributed by atoms with E-state index in [4.69, 9.17) is 4.74 Å². The molecular weight excluding hydrogens is 258 g/mol. The maximum absolute atomic E-state index is 5.88. The van der Waals surface area contributed by atoms with Crippen LogP contribution in [-0.4, -0.2) is 30.6 Å². The maximum atomic E-state index is 5.88. The van der Waals surface area contributed by atoms with Gasteiger partial charge in [-0.2, -0.15) is 0 Å². The van der Waals surface area contributed by atoms with Gasteiger partial charge in [-0.25, -0.2) is 0 Å². The maximum Gasteiger partial charge on any atom is 0.115 e. The summed E-state index contributed by atoms with van der Waals surface area (Å²) in [6, 6.07) is 0.739. The van der Waals surface area contributed by atoms with Gasteiger partial charge < -0.3 is 4.74 Å². The lowest BCUT2D eigenvalue weighted by Gasteiger charge is -2.42. The van der Waals surface area contributed by atoms with Gasteiger partial charge in [-0.05, 0) is 62.6 Å². The second-order valence-corrected chi connectivity index (χ2v) is 6.94. The van der Waals surface area contributed by atoms with Gasteiger partial charge >= 0.3 is 0 Å². The van der Waals surface area contributed by atoms with Crippen molar-refractivity contribution in [2.45, 2.75) is 52.5 Å². The Morgan fingerprint density at radius 2 is 2.14 bits per heavy atom. The normalized spacial score (nSPS) is 25.7. The van der Waals surface area contributed by atoms with E-state index in [0.29, 0.717) is 0 Å². The van der Waals surface area contributed by atoms with Crippen LogP contribution in [0.4, 0.5) is 0 Å². The van der Waals surface area contributed by atoms with E-state index < -0.39 is 0 Å². The fraction of sp³-hybridized carbons (Fsp3) is 0.684. The molecule has 0 amide bonds. The summed E-state index contributed by atoms with van der Waals surface area (Å²) in [6.45, 7) is 13.5. The zero-order chi connectivity index (χ0) is 15.3. The van der Waals surface area contributed by atoms with Crippen LogP contribution >= 0.6 is 0 Å². The summed E-state index contributed by atoms with van der Waals surface area (Å²) < 4.78 is 5.88. The van der Waals surface area contributed by atoms with Crippen LogP contribution in [0.5, 0.6) is 0 Å². The van der Waals surface area contributed by atoms with Crippen molar-refractivity contribution in [2.24, 2.45) is 11.3 Å². The molecule has 1 saturated heterocycles. The van der Waals surface area contributed by atoms with Crippen molar-refractivity contribution >= 4 is 0 Å². The van der Waals surface area contributed by atoms with Crippen LogP contribution in [0.15, 0.2) is 36.6 Å². The van der Waals surface area contributed by atoms with E-state index in [1.54, 1.807) is 6.08 Å². The Labute approximate surface area is 130 Å². The van der Waals surface area contributed by atoms with Crippen LogP contribution in [0.3, 0.4) is 0 Å². The van der Waals surface area contributed by atoms with Crippen molar-refractivity contribution in [2.75, 3.05) is 19.7 Å². The highest BCUT2D eigenvalue weighted by atomic mass is 16.5. The topological polar surface area (TPSA) is 12.5 Å². The van der Waals surface area contributed by atoms with Gasteiger partial charge in [0.2, 0.25) is 0 Å². The third kappa shape index (κ3) is 4.47. The van der Waals surface area contributed by atoms with Crippen molar-refractivity contribution in [3.05, 3.63) is 36.6 Å².